The van der Waals surface area contributed by atoms with Gasteiger partial charge in [-0.25, -0.2) is 0 Å². The molecule has 2 saturated carbocycles. The molecule has 2 aliphatic carbocycles. The Balaban J connectivity index is 1.54. The fraction of sp³-hybridized carbons (Fsp3) is 0.391. The second kappa shape index (κ2) is 6.61. The first-order valence-corrected chi connectivity index (χ1v) is 10.0. The molecule has 138 valence electrons. The van der Waals surface area contributed by atoms with Crippen LogP contribution in [0.25, 0.3) is 21.7 Å². The van der Waals surface area contributed by atoms with Gasteiger partial charge in [-0.15, -0.1) is 0 Å². The summed E-state index contributed by atoms with van der Waals surface area (Å²) in [4.78, 5) is 17.8. The zero-order chi connectivity index (χ0) is 18.4. The highest BCUT2D eigenvalue weighted by Crippen LogP contribution is 2.40. The van der Waals surface area contributed by atoms with Crippen LogP contribution in [0.15, 0.2) is 48.7 Å². The molecule has 4 heteroatoms. The number of nitrogens with zero attached hydrogens (tertiary/aromatic N) is 1. The Labute approximate surface area is 159 Å². The first-order valence-electron chi connectivity index (χ1n) is 10.0. The van der Waals surface area contributed by atoms with Gasteiger partial charge in [0.1, 0.15) is 0 Å². The summed E-state index contributed by atoms with van der Waals surface area (Å²) in [6.45, 7) is 0. The van der Waals surface area contributed by atoms with Crippen LogP contribution in [-0.2, 0) is 0 Å². The van der Waals surface area contributed by atoms with Crippen molar-refractivity contribution in [2.75, 3.05) is 0 Å². The number of nitrogens with one attached hydrogen (secondary N) is 1. The van der Waals surface area contributed by atoms with Crippen molar-refractivity contribution >= 4 is 27.6 Å². The molecule has 2 atom stereocenters. The lowest BCUT2D eigenvalue weighted by molar-refractivity contribution is 0.0757. The van der Waals surface area contributed by atoms with Crippen molar-refractivity contribution in [1.82, 2.24) is 10.3 Å². The Morgan fingerprint density at radius 2 is 1.78 bits per heavy atom. The van der Waals surface area contributed by atoms with E-state index in [0.29, 0.717) is 17.4 Å². The van der Waals surface area contributed by atoms with Gasteiger partial charge >= 0.3 is 0 Å². The Kier molecular flexibility index (Phi) is 4.09. The standard InChI is InChI=1S/C23H25N3O/c24-17-11-15-6-3-7-16(12-17)21(15)26-23(27)20-13-14-5-1-2-8-18(14)19-9-4-10-25-22(19)20/h1-2,4-5,8-10,13,15-17,21H,3,6-7,11-12,24H2,(H,26,27). The van der Waals surface area contributed by atoms with E-state index in [0.717, 1.165) is 34.5 Å². The summed E-state index contributed by atoms with van der Waals surface area (Å²) in [7, 11) is 0. The molecule has 5 rings (SSSR count). The SMILES string of the molecule is NC1CC2CCCC(C1)C2NC(=O)c1cc2ccccc2c2cccnc12. The Hall–Kier alpha value is -2.46. The van der Waals surface area contributed by atoms with Gasteiger partial charge in [0, 0.05) is 23.7 Å². The van der Waals surface area contributed by atoms with Gasteiger partial charge in [0.05, 0.1) is 11.1 Å². The van der Waals surface area contributed by atoms with Crippen LogP contribution in [0.2, 0.25) is 0 Å². The normalized spacial score (nSPS) is 27.6. The first kappa shape index (κ1) is 16.7. The molecule has 2 bridgehead atoms. The number of fused-ring (bicyclic) bond motifs is 5. The lowest BCUT2D eigenvalue weighted by Crippen LogP contribution is -2.53. The van der Waals surface area contributed by atoms with E-state index in [1.165, 1.54) is 19.3 Å². The minimum Gasteiger partial charge on any atom is -0.349 e. The molecular weight excluding hydrogens is 334 g/mol. The third-order valence-electron chi connectivity index (χ3n) is 6.53. The molecule has 3 N–H and O–H groups in total. The van der Waals surface area contributed by atoms with E-state index in [2.05, 4.69) is 28.5 Å². The molecule has 1 aromatic heterocycles. The van der Waals surface area contributed by atoms with Crippen LogP contribution < -0.4 is 11.1 Å². The third-order valence-corrected chi connectivity index (χ3v) is 6.53. The average Bonchev–Trinajstić information content (AvgIpc) is 2.68. The highest BCUT2D eigenvalue weighted by molar-refractivity contribution is 6.15. The molecule has 2 unspecified atom stereocenters. The van der Waals surface area contributed by atoms with Crippen LogP contribution >= 0.6 is 0 Å². The molecule has 0 spiro atoms. The number of nitrogens with two attached hydrogens (primary N) is 1. The summed E-state index contributed by atoms with van der Waals surface area (Å²) in [5.74, 6) is 1.02. The van der Waals surface area contributed by atoms with E-state index in [9.17, 15) is 4.79 Å². The van der Waals surface area contributed by atoms with E-state index < -0.39 is 0 Å². The van der Waals surface area contributed by atoms with E-state index in [4.69, 9.17) is 5.73 Å². The fourth-order valence-electron chi connectivity index (χ4n) is 5.36. The molecule has 0 radical (unpaired) electrons. The number of amides is 1. The van der Waals surface area contributed by atoms with Gasteiger partial charge in [0.2, 0.25) is 0 Å². The molecule has 2 aromatic carbocycles. The van der Waals surface area contributed by atoms with Crippen molar-refractivity contribution in [2.45, 2.75) is 44.2 Å². The Morgan fingerprint density at radius 1 is 1.04 bits per heavy atom. The largest absolute Gasteiger partial charge is 0.349 e. The maximum absolute atomic E-state index is 13.3. The molecule has 2 aliphatic rings. The number of hydrogen-bond acceptors (Lipinski definition) is 3. The van der Waals surface area contributed by atoms with Gasteiger partial charge in [0.15, 0.2) is 0 Å². The van der Waals surface area contributed by atoms with Crippen LogP contribution in [0.1, 0.15) is 42.5 Å². The van der Waals surface area contributed by atoms with E-state index in [1.807, 2.05) is 24.3 Å². The van der Waals surface area contributed by atoms with Crippen molar-refractivity contribution in [3.05, 3.63) is 54.2 Å². The highest BCUT2D eigenvalue weighted by Gasteiger charge is 2.40. The number of aromatic nitrogens is 1. The number of rotatable bonds is 2. The number of carbonyl (C=O) groups excluding carboxylic acids is 1. The van der Waals surface area contributed by atoms with E-state index in [1.54, 1.807) is 6.20 Å². The van der Waals surface area contributed by atoms with Crippen LogP contribution in [0.5, 0.6) is 0 Å². The summed E-state index contributed by atoms with van der Waals surface area (Å²) in [6.07, 6.45) is 7.42. The summed E-state index contributed by atoms with van der Waals surface area (Å²) < 4.78 is 0. The summed E-state index contributed by atoms with van der Waals surface area (Å²) >= 11 is 0. The molecule has 3 aromatic rings. The van der Waals surface area contributed by atoms with Crippen molar-refractivity contribution in [3.8, 4) is 0 Å². The Bertz CT molecular complexity index is 1000. The topological polar surface area (TPSA) is 68.0 Å². The lowest BCUT2D eigenvalue weighted by atomic mass is 9.67. The number of benzene rings is 2. The molecule has 1 amide bonds. The van der Waals surface area contributed by atoms with Crippen molar-refractivity contribution < 1.29 is 4.79 Å². The second-order valence-corrected chi connectivity index (χ2v) is 8.23. The zero-order valence-electron chi connectivity index (χ0n) is 15.4. The van der Waals surface area contributed by atoms with Crippen molar-refractivity contribution in [2.24, 2.45) is 17.6 Å². The van der Waals surface area contributed by atoms with E-state index in [-0.39, 0.29) is 18.0 Å². The van der Waals surface area contributed by atoms with Crippen LogP contribution in [-0.4, -0.2) is 23.0 Å². The van der Waals surface area contributed by atoms with Crippen LogP contribution in [0.4, 0.5) is 0 Å². The van der Waals surface area contributed by atoms with Gasteiger partial charge in [-0.3, -0.25) is 9.78 Å². The average molecular weight is 359 g/mol. The summed E-state index contributed by atoms with van der Waals surface area (Å²) in [6, 6.07) is 14.7. The molecule has 2 fully saturated rings. The molecule has 0 saturated heterocycles. The van der Waals surface area contributed by atoms with E-state index >= 15 is 0 Å². The predicted molar refractivity (Wildman–Crippen MR) is 109 cm³/mol. The smallest absolute Gasteiger partial charge is 0.253 e. The maximum atomic E-state index is 13.3. The molecule has 27 heavy (non-hydrogen) atoms. The van der Waals surface area contributed by atoms with Gasteiger partial charge in [-0.1, -0.05) is 36.8 Å². The number of carbonyl (C=O) groups is 1. The summed E-state index contributed by atoms with van der Waals surface area (Å²) in [5.41, 5.74) is 7.70. The lowest BCUT2D eigenvalue weighted by Gasteiger charge is -2.45. The number of hydrogen-bond donors (Lipinski definition) is 2. The quantitative estimate of drug-likeness (QED) is 0.679. The van der Waals surface area contributed by atoms with Gasteiger partial charge in [0.25, 0.3) is 5.91 Å². The monoisotopic (exact) mass is 359 g/mol. The second-order valence-electron chi connectivity index (χ2n) is 8.23. The molecule has 4 nitrogen and oxygen atoms in total. The number of pyridine rings is 1. The van der Waals surface area contributed by atoms with Gasteiger partial charge < -0.3 is 11.1 Å². The first-order chi connectivity index (χ1) is 13.2. The highest BCUT2D eigenvalue weighted by atomic mass is 16.1. The fourth-order valence-corrected chi connectivity index (χ4v) is 5.36. The van der Waals surface area contributed by atoms with Gasteiger partial charge in [-0.2, -0.15) is 0 Å². The van der Waals surface area contributed by atoms with Crippen LogP contribution in [0, 0.1) is 11.8 Å². The minimum absolute atomic E-state index is 0.00169. The zero-order valence-corrected chi connectivity index (χ0v) is 15.4. The minimum atomic E-state index is 0.00169. The van der Waals surface area contributed by atoms with Crippen molar-refractivity contribution in [1.29, 1.82) is 0 Å². The molecular formula is C23H25N3O. The maximum Gasteiger partial charge on any atom is 0.253 e. The predicted octanol–water partition coefficient (Wildman–Crippen LogP) is 4.02. The Morgan fingerprint density at radius 3 is 2.59 bits per heavy atom. The third kappa shape index (κ3) is 2.88. The molecule has 1 heterocycles. The summed E-state index contributed by atoms with van der Waals surface area (Å²) in [5, 5.41) is 6.63. The van der Waals surface area contributed by atoms with Gasteiger partial charge in [-0.05, 0) is 60.4 Å². The molecule has 0 aliphatic heterocycles. The van der Waals surface area contributed by atoms with Crippen molar-refractivity contribution in [3.63, 3.8) is 0 Å². The van der Waals surface area contributed by atoms with Crippen LogP contribution in [0.3, 0.4) is 0 Å².